The zero-order valence-electron chi connectivity index (χ0n) is 26.2. The highest BCUT2D eigenvalue weighted by molar-refractivity contribution is 6.31. The normalized spacial score (nSPS) is 14.8. The summed E-state index contributed by atoms with van der Waals surface area (Å²) < 4.78 is 6.93. The molecule has 0 saturated carbocycles. The van der Waals surface area contributed by atoms with Crippen LogP contribution < -0.4 is 10.6 Å². The Balaban J connectivity index is 1.18. The molecule has 3 heterocycles. The first kappa shape index (κ1) is 32.1. The third kappa shape index (κ3) is 8.90. The average Bonchev–Trinajstić information content (AvgIpc) is 3.69. The fourth-order valence-corrected chi connectivity index (χ4v) is 5.36. The highest BCUT2D eigenvalue weighted by atomic mass is 35.5. The Kier molecular flexibility index (Phi) is 10.8. The van der Waals surface area contributed by atoms with Crippen molar-refractivity contribution in [1.82, 2.24) is 29.5 Å². The second-order valence-electron chi connectivity index (χ2n) is 11.4. The van der Waals surface area contributed by atoms with Crippen molar-refractivity contribution in [1.29, 1.82) is 0 Å². The largest absolute Gasteiger partial charge is 0.385 e. The van der Waals surface area contributed by atoms with Gasteiger partial charge in [0.1, 0.15) is 0 Å². The number of likely N-dealkylation sites (N-methyl/N-ethyl adjacent to an activating group) is 1. The van der Waals surface area contributed by atoms with Crippen LogP contribution in [0.1, 0.15) is 45.5 Å². The lowest BCUT2D eigenvalue weighted by molar-refractivity contribution is 0.102. The number of rotatable bonds is 11. The van der Waals surface area contributed by atoms with Crippen LogP contribution in [0.4, 0.5) is 17.3 Å². The second kappa shape index (κ2) is 15.1. The van der Waals surface area contributed by atoms with Crippen LogP contribution in [0.5, 0.6) is 0 Å². The van der Waals surface area contributed by atoms with E-state index in [0.29, 0.717) is 40.4 Å². The van der Waals surface area contributed by atoms with Gasteiger partial charge in [-0.25, -0.2) is 9.97 Å². The summed E-state index contributed by atoms with van der Waals surface area (Å²) in [5.74, 6) is 6.50. The first-order valence-electron chi connectivity index (χ1n) is 15.0. The molecule has 0 spiro atoms. The van der Waals surface area contributed by atoms with Gasteiger partial charge in [0, 0.05) is 86.4 Å². The van der Waals surface area contributed by atoms with Crippen LogP contribution in [0, 0.1) is 18.8 Å². The molecule has 4 aromatic rings. The highest BCUT2D eigenvalue weighted by Gasteiger charge is 2.24. The summed E-state index contributed by atoms with van der Waals surface area (Å²) in [7, 11) is 5.94. The summed E-state index contributed by atoms with van der Waals surface area (Å²) >= 11 is 6.63. The topological polar surface area (TPSA) is 100 Å². The molecule has 1 aliphatic rings. The molecular formula is C34H39ClN8O2. The number of halogens is 1. The molecule has 1 atom stereocenters. The lowest BCUT2D eigenvalue weighted by Gasteiger charge is -2.21. The summed E-state index contributed by atoms with van der Waals surface area (Å²) in [5, 5.41) is 11.1. The maximum absolute atomic E-state index is 13.1. The number of aromatic nitrogens is 4. The lowest BCUT2D eigenvalue weighted by atomic mass is 10.0. The first-order valence-corrected chi connectivity index (χ1v) is 15.4. The van der Waals surface area contributed by atoms with E-state index >= 15 is 0 Å². The standard InChI is InChI=1S/C34H39ClN8O2/c1-24-6-8-27(33(44)39-29-11-10-28(32(35)17-29)21-42-14-12-31(23-42)41(2)3)16-26(24)9-7-25-18-36-34(37-19-25)40-30-20-38-43(22-30)13-5-15-45-4/h6,8,10-11,16-20,22,31H,5,12-15,21,23H2,1-4H3,(H,39,44)(H,36,37,40)/t31-/m1/s1. The monoisotopic (exact) mass is 626 g/mol. The van der Waals surface area contributed by atoms with Crippen molar-refractivity contribution in [2.24, 2.45) is 0 Å². The van der Waals surface area contributed by atoms with E-state index in [4.69, 9.17) is 16.3 Å². The summed E-state index contributed by atoms with van der Waals surface area (Å²) in [6.45, 7) is 6.29. The van der Waals surface area contributed by atoms with Gasteiger partial charge in [-0.3, -0.25) is 14.4 Å². The number of aryl methyl sites for hydroxylation is 2. The van der Waals surface area contributed by atoms with Crippen molar-refractivity contribution >= 4 is 34.8 Å². The fraction of sp³-hybridized carbons (Fsp3) is 0.353. The van der Waals surface area contributed by atoms with Gasteiger partial charge in [0.25, 0.3) is 5.91 Å². The van der Waals surface area contributed by atoms with Gasteiger partial charge < -0.3 is 20.3 Å². The molecule has 0 bridgehead atoms. The summed E-state index contributed by atoms with van der Waals surface area (Å²) in [6, 6.07) is 11.8. The van der Waals surface area contributed by atoms with Crippen LogP contribution in [-0.4, -0.2) is 82.4 Å². The number of likely N-dealkylation sites (tertiary alicyclic amines) is 1. The second-order valence-corrected chi connectivity index (χ2v) is 11.8. The smallest absolute Gasteiger partial charge is 0.255 e. The highest BCUT2D eigenvalue weighted by Crippen LogP contribution is 2.25. The van der Waals surface area contributed by atoms with Gasteiger partial charge in [0.15, 0.2) is 0 Å². The molecule has 11 heteroatoms. The van der Waals surface area contributed by atoms with E-state index in [9.17, 15) is 4.79 Å². The third-order valence-corrected chi connectivity index (χ3v) is 8.15. The molecule has 2 N–H and O–H groups in total. The molecule has 1 saturated heterocycles. The van der Waals surface area contributed by atoms with E-state index in [0.717, 1.165) is 61.4 Å². The minimum absolute atomic E-state index is 0.226. The van der Waals surface area contributed by atoms with Crippen LogP contribution in [0.15, 0.2) is 61.2 Å². The molecular weight excluding hydrogens is 588 g/mol. The van der Waals surface area contributed by atoms with Crippen molar-refractivity contribution in [2.45, 2.75) is 38.9 Å². The van der Waals surface area contributed by atoms with Gasteiger partial charge in [-0.05, 0) is 69.3 Å². The molecule has 2 aromatic carbocycles. The molecule has 0 radical (unpaired) electrons. The minimum Gasteiger partial charge on any atom is -0.385 e. The van der Waals surface area contributed by atoms with Gasteiger partial charge in [0.05, 0.1) is 17.4 Å². The lowest BCUT2D eigenvalue weighted by Crippen LogP contribution is -2.31. The quantitative estimate of drug-likeness (QED) is 0.173. The number of amides is 1. The molecule has 234 valence electrons. The molecule has 0 aliphatic carbocycles. The molecule has 10 nitrogen and oxygen atoms in total. The summed E-state index contributed by atoms with van der Waals surface area (Å²) in [6.07, 6.45) is 9.00. The maximum Gasteiger partial charge on any atom is 0.255 e. The van der Waals surface area contributed by atoms with Crippen molar-refractivity contribution in [3.8, 4) is 11.8 Å². The third-order valence-electron chi connectivity index (χ3n) is 7.80. The minimum atomic E-state index is -0.226. The van der Waals surface area contributed by atoms with Crippen LogP contribution in [0.25, 0.3) is 0 Å². The number of nitrogens with one attached hydrogen (secondary N) is 2. The number of benzene rings is 2. The van der Waals surface area contributed by atoms with E-state index in [1.165, 1.54) is 0 Å². The van der Waals surface area contributed by atoms with Gasteiger partial charge in [-0.1, -0.05) is 35.6 Å². The first-order chi connectivity index (χ1) is 21.8. The SMILES string of the molecule is COCCCn1cc(Nc2ncc(C#Cc3cc(C(=O)Nc4ccc(CN5CC[C@@H](N(C)C)C5)c(Cl)c4)ccc3C)cn2)cn1. The Morgan fingerprint density at radius 3 is 2.67 bits per heavy atom. The number of carbonyl (C=O) groups excluding carboxylic acids is 1. The van der Waals surface area contributed by atoms with E-state index in [2.05, 4.69) is 61.4 Å². The van der Waals surface area contributed by atoms with Gasteiger partial charge >= 0.3 is 0 Å². The van der Waals surface area contributed by atoms with E-state index in [1.807, 2.05) is 42.1 Å². The van der Waals surface area contributed by atoms with Crippen LogP contribution in [0.2, 0.25) is 5.02 Å². The predicted octanol–water partition coefficient (Wildman–Crippen LogP) is 5.20. The molecule has 1 aliphatic heterocycles. The number of ether oxygens (including phenoxy) is 1. The van der Waals surface area contributed by atoms with E-state index in [-0.39, 0.29) is 5.91 Å². The number of hydrogen-bond acceptors (Lipinski definition) is 8. The molecule has 5 rings (SSSR count). The van der Waals surface area contributed by atoms with Crippen molar-refractivity contribution in [3.05, 3.63) is 94.0 Å². The van der Waals surface area contributed by atoms with Crippen LogP contribution in [-0.2, 0) is 17.8 Å². The molecule has 45 heavy (non-hydrogen) atoms. The molecule has 0 unspecified atom stereocenters. The number of hydrogen-bond donors (Lipinski definition) is 2. The van der Waals surface area contributed by atoms with Gasteiger partial charge in [-0.2, -0.15) is 5.10 Å². The van der Waals surface area contributed by atoms with Crippen LogP contribution in [0.3, 0.4) is 0 Å². The Labute approximate surface area is 269 Å². The number of nitrogens with zero attached hydrogens (tertiary/aromatic N) is 6. The number of anilines is 3. The summed E-state index contributed by atoms with van der Waals surface area (Å²) in [5.41, 5.74) is 5.39. The molecule has 2 aromatic heterocycles. The number of methoxy groups -OCH3 is 1. The Hall–Kier alpha value is -4.27. The predicted molar refractivity (Wildman–Crippen MR) is 178 cm³/mol. The maximum atomic E-state index is 13.1. The van der Waals surface area contributed by atoms with Gasteiger partial charge in [-0.15, -0.1) is 0 Å². The molecule has 1 fully saturated rings. The fourth-order valence-electron chi connectivity index (χ4n) is 5.12. The van der Waals surface area contributed by atoms with E-state index in [1.54, 1.807) is 37.8 Å². The average molecular weight is 627 g/mol. The van der Waals surface area contributed by atoms with Crippen molar-refractivity contribution in [2.75, 3.05) is 51.5 Å². The van der Waals surface area contributed by atoms with Crippen molar-refractivity contribution < 1.29 is 9.53 Å². The Morgan fingerprint density at radius 1 is 1.11 bits per heavy atom. The Morgan fingerprint density at radius 2 is 1.93 bits per heavy atom. The zero-order chi connectivity index (χ0) is 31.8. The molecule has 1 amide bonds. The van der Waals surface area contributed by atoms with E-state index < -0.39 is 0 Å². The number of carbonyl (C=O) groups is 1. The Bertz CT molecular complexity index is 1680. The zero-order valence-corrected chi connectivity index (χ0v) is 26.9. The summed E-state index contributed by atoms with van der Waals surface area (Å²) in [4.78, 5) is 26.6. The van der Waals surface area contributed by atoms with Gasteiger partial charge in [0.2, 0.25) is 5.95 Å². The van der Waals surface area contributed by atoms with Crippen LogP contribution >= 0.6 is 11.6 Å². The van der Waals surface area contributed by atoms with Crippen molar-refractivity contribution in [3.63, 3.8) is 0 Å².